The smallest absolute Gasteiger partial charge is 0.416 e. The molecule has 1 heterocycles. The van der Waals surface area contributed by atoms with Crippen LogP contribution in [-0.4, -0.2) is 11.0 Å². The third-order valence-electron chi connectivity index (χ3n) is 3.51. The third-order valence-corrected chi connectivity index (χ3v) is 3.84. The quantitative estimate of drug-likeness (QED) is 0.642. The van der Waals surface area contributed by atoms with Crippen molar-refractivity contribution in [3.05, 3.63) is 69.0 Å². The highest BCUT2D eigenvalue weighted by molar-refractivity contribution is 6.34. The molecule has 0 unspecified atom stereocenters. The van der Waals surface area contributed by atoms with Crippen molar-refractivity contribution in [3.8, 4) is 5.75 Å². The molecule has 0 fully saturated rings. The van der Waals surface area contributed by atoms with Crippen molar-refractivity contribution in [2.75, 3.05) is 5.32 Å². The van der Waals surface area contributed by atoms with Gasteiger partial charge in [-0.2, -0.15) is 13.2 Å². The Balaban J connectivity index is 1.98. The van der Waals surface area contributed by atoms with E-state index in [1.807, 2.05) is 0 Å². The number of phenols is 1. The number of aromatic hydroxyl groups is 1. The second kappa shape index (κ2) is 6.38. The number of amides is 1. The molecule has 9 heteroatoms. The molecule has 1 amide bonds. The Hall–Kier alpha value is -3.00. The zero-order valence-electron chi connectivity index (χ0n) is 12.7. The van der Waals surface area contributed by atoms with Crippen LogP contribution >= 0.6 is 11.6 Å². The fourth-order valence-electron chi connectivity index (χ4n) is 2.25. The van der Waals surface area contributed by atoms with E-state index in [1.54, 1.807) is 0 Å². The second-order valence-electron chi connectivity index (χ2n) is 5.32. The van der Waals surface area contributed by atoms with E-state index in [4.69, 9.17) is 16.0 Å². The lowest BCUT2D eigenvalue weighted by Crippen LogP contribution is -2.21. The lowest BCUT2D eigenvalue weighted by molar-refractivity contribution is -0.137. The number of fused-ring (bicyclic) bond motifs is 1. The lowest BCUT2D eigenvalue weighted by atomic mass is 10.1. The van der Waals surface area contributed by atoms with Gasteiger partial charge in [0.2, 0.25) is 0 Å². The standard InChI is InChI=1S/C17H9ClF3NO4/c18-12-4-2-9(17(19,20)21)6-13(12)22-15(24)11-5-8-1-3-10(23)7-14(8)26-16(11)25/h1-7,23H,(H,22,24). The summed E-state index contributed by atoms with van der Waals surface area (Å²) in [7, 11) is 0. The van der Waals surface area contributed by atoms with Gasteiger partial charge < -0.3 is 14.8 Å². The number of alkyl halides is 3. The van der Waals surface area contributed by atoms with Gasteiger partial charge in [0.25, 0.3) is 5.91 Å². The summed E-state index contributed by atoms with van der Waals surface area (Å²) in [6.07, 6.45) is -4.62. The third kappa shape index (κ3) is 3.50. The van der Waals surface area contributed by atoms with Gasteiger partial charge in [0.15, 0.2) is 0 Å². The van der Waals surface area contributed by atoms with Gasteiger partial charge in [0, 0.05) is 11.5 Å². The van der Waals surface area contributed by atoms with Gasteiger partial charge in [0.05, 0.1) is 16.3 Å². The molecule has 26 heavy (non-hydrogen) atoms. The van der Waals surface area contributed by atoms with Gasteiger partial charge in [-0.05, 0) is 36.4 Å². The number of anilines is 1. The Labute approximate surface area is 148 Å². The van der Waals surface area contributed by atoms with Gasteiger partial charge in [0.1, 0.15) is 16.9 Å². The summed E-state index contributed by atoms with van der Waals surface area (Å²) >= 11 is 5.82. The number of halogens is 4. The summed E-state index contributed by atoms with van der Waals surface area (Å²) in [6, 6.07) is 7.58. The number of nitrogens with one attached hydrogen (secondary N) is 1. The molecular formula is C17H9ClF3NO4. The Bertz CT molecular complexity index is 1080. The van der Waals surface area contributed by atoms with E-state index in [9.17, 15) is 27.9 Å². The van der Waals surface area contributed by atoms with Crippen LogP contribution in [0.15, 0.2) is 51.7 Å². The Kier molecular flexibility index (Phi) is 4.37. The van der Waals surface area contributed by atoms with Crippen LogP contribution in [-0.2, 0) is 6.18 Å². The van der Waals surface area contributed by atoms with Crippen molar-refractivity contribution in [1.82, 2.24) is 0 Å². The maximum absolute atomic E-state index is 12.8. The monoisotopic (exact) mass is 383 g/mol. The molecule has 0 saturated carbocycles. The molecule has 2 N–H and O–H groups in total. The SMILES string of the molecule is O=C(Nc1cc(C(F)(F)F)ccc1Cl)c1cc2ccc(O)cc2oc1=O. The molecule has 0 aliphatic rings. The van der Waals surface area contributed by atoms with E-state index in [0.29, 0.717) is 11.5 Å². The van der Waals surface area contributed by atoms with Gasteiger partial charge in [-0.25, -0.2) is 4.79 Å². The van der Waals surface area contributed by atoms with Crippen LogP contribution in [0.4, 0.5) is 18.9 Å². The van der Waals surface area contributed by atoms with Crippen molar-refractivity contribution in [3.63, 3.8) is 0 Å². The number of rotatable bonds is 2. The molecule has 134 valence electrons. The molecule has 0 aliphatic carbocycles. The van der Waals surface area contributed by atoms with Crippen molar-refractivity contribution >= 4 is 34.2 Å². The molecule has 3 aromatic rings. The van der Waals surface area contributed by atoms with Crippen LogP contribution in [0.25, 0.3) is 11.0 Å². The number of carbonyl (C=O) groups excluding carboxylic acids is 1. The van der Waals surface area contributed by atoms with E-state index >= 15 is 0 Å². The van der Waals surface area contributed by atoms with Crippen molar-refractivity contribution in [1.29, 1.82) is 0 Å². The summed E-state index contributed by atoms with van der Waals surface area (Å²) in [4.78, 5) is 24.3. The minimum Gasteiger partial charge on any atom is -0.508 e. The fraction of sp³-hybridized carbons (Fsp3) is 0.0588. The predicted octanol–water partition coefficient (Wildman–Crippen LogP) is 4.42. The molecule has 5 nitrogen and oxygen atoms in total. The number of hydrogen-bond donors (Lipinski definition) is 2. The lowest BCUT2D eigenvalue weighted by Gasteiger charge is -2.11. The predicted molar refractivity (Wildman–Crippen MR) is 88.6 cm³/mol. The summed E-state index contributed by atoms with van der Waals surface area (Å²) in [5, 5.41) is 11.8. The minimum atomic E-state index is -4.62. The molecule has 1 aromatic heterocycles. The van der Waals surface area contributed by atoms with Crippen LogP contribution < -0.4 is 10.9 Å². The number of carbonyl (C=O) groups is 1. The Morgan fingerprint density at radius 3 is 2.54 bits per heavy atom. The molecule has 0 aliphatic heterocycles. The van der Waals surface area contributed by atoms with E-state index in [1.165, 1.54) is 24.3 Å². The van der Waals surface area contributed by atoms with Crippen molar-refractivity contribution in [2.24, 2.45) is 0 Å². The van der Waals surface area contributed by atoms with Crippen molar-refractivity contribution < 1.29 is 27.5 Å². The Morgan fingerprint density at radius 2 is 1.85 bits per heavy atom. The highest BCUT2D eigenvalue weighted by Crippen LogP contribution is 2.34. The average Bonchev–Trinajstić information content (AvgIpc) is 2.55. The zero-order chi connectivity index (χ0) is 19.1. The molecule has 0 spiro atoms. The average molecular weight is 384 g/mol. The zero-order valence-corrected chi connectivity index (χ0v) is 13.5. The Morgan fingerprint density at radius 1 is 1.12 bits per heavy atom. The molecule has 2 aromatic carbocycles. The fourth-order valence-corrected chi connectivity index (χ4v) is 2.41. The molecule has 0 bridgehead atoms. The summed E-state index contributed by atoms with van der Waals surface area (Å²) in [5.74, 6) is -1.11. The van der Waals surface area contributed by atoms with Crippen LogP contribution in [0.3, 0.4) is 0 Å². The van der Waals surface area contributed by atoms with E-state index in [2.05, 4.69) is 5.32 Å². The van der Waals surface area contributed by atoms with E-state index < -0.39 is 28.8 Å². The van der Waals surface area contributed by atoms with Crippen LogP contribution in [0, 0.1) is 0 Å². The molecule has 3 rings (SSSR count). The normalized spacial score (nSPS) is 11.5. The highest BCUT2D eigenvalue weighted by Gasteiger charge is 2.31. The van der Waals surface area contributed by atoms with Gasteiger partial charge in [-0.15, -0.1) is 0 Å². The highest BCUT2D eigenvalue weighted by atomic mass is 35.5. The topological polar surface area (TPSA) is 79.5 Å². The van der Waals surface area contributed by atoms with Crippen LogP contribution in [0.1, 0.15) is 15.9 Å². The summed E-state index contributed by atoms with van der Waals surface area (Å²) in [5.41, 5.74) is -2.67. The molecular weight excluding hydrogens is 375 g/mol. The van der Waals surface area contributed by atoms with Gasteiger partial charge >= 0.3 is 11.8 Å². The first-order chi connectivity index (χ1) is 12.1. The van der Waals surface area contributed by atoms with E-state index in [0.717, 1.165) is 12.1 Å². The summed E-state index contributed by atoms with van der Waals surface area (Å²) < 4.78 is 43.3. The van der Waals surface area contributed by atoms with Crippen LogP contribution in [0.5, 0.6) is 5.75 Å². The minimum absolute atomic E-state index is 0.0589. The molecule has 0 saturated heterocycles. The van der Waals surface area contributed by atoms with Crippen molar-refractivity contribution in [2.45, 2.75) is 6.18 Å². The van der Waals surface area contributed by atoms with Gasteiger partial charge in [-0.3, -0.25) is 4.79 Å². The van der Waals surface area contributed by atoms with Gasteiger partial charge in [-0.1, -0.05) is 11.6 Å². The first-order valence-corrected chi connectivity index (χ1v) is 7.48. The number of hydrogen-bond acceptors (Lipinski definition) is 4. The summed E-state index contributed by atoms with van der Waals surface area (Å²) in [6.45, 7) is 0. The first kappa shape index (κ1) is 17.8. The maximum Gasteiger partial charge on any atom is 0.416 e. The molecule has 0 atom stereocenters. The largest absolute Gasteiger partial charge is 0.508 e. The number of benzene rings is 2. The molecule has 0 radical (unpaired) electrons. The second-order valence-corrected chi connectivity index (χ2v) is 5.72. The first-order valence-electron chi connectivity index (χ1n) is 7.10. The van der Waals surface area contributed by atoms with E-state index in [-0.39, 0.29) is 22.0 Å². The maximum atomic E-state index is 12.8. The van der Waals surface area contributed by atoms with Crippen LogP contribution in [0.2, 0.25) is 5.02 Å². The number of phenolic OH excluding ortho intramolecular Hbond substituents is 1.